The van der Waals surface area contributed by atoms with E-state index in [9.17, 15) is 0 Å². The van der Waals surface area contributed by atoms with E-state index < -0.39 is 0 Å². The van der Waals surface area contributed by atoms with Crippen LogP contribution in [0.25, 0.3) is 0 Å². The molecule has 2 unspecified atom stereocenters. The lowest BCUT2D eigenvalue weighted by atomic mass is 9.89. The maximum atomic E-state index is 4.44. The van der Waals surface area contributed by atoms with Crippen molar-refractivity contribution in [3.05, 3.63) is 0 Å². The van der Waals surface area contributed by atoms with E-state index in [1.165, 1.54) is 51.6 Å². The van der Waals surface area contributed by atoms with Crippen LogP contribution in [0.2, 0.25) is 0 Å². The second-order valence-electron chi connectivity index (χ2n) is 7.86. The molecule has 2 saturated carbocycles. The minimum atomic E-state index is 0.471. The number of nitrogens with zero attached hydrogens (tertiary/aromatic N) is 2. The number of hydrogen-bond acceptors (Lipinski definition) is 2. The summed E-state index contributed by atoms with van der Waals surface area (Å²) >= 11 is 0. The van der Waals surface area contributed by atoms with Crippen molar-refractivity contribution in [2.45, 2.75) is 64.5 Å². The Kier molecular flexibility index (Phi) is 4.43. The standard InChI is InChI=1S/C17H32N4/c1-13-10-21(14-6-7-14)11-15(13)20-16(18-3)19-12-17(2)8-4-5-9-17/h13-15H,4-12H2,1-3H3,(H2,18,19,20). The van der Waals surface area contributed by atoms with Gasteiger partial charge in [0.05, 0.1) is 0 Å². The molecule has 21 heavy (non-hydrogen) atoms. The summed E-state index contributed by atoms with van der Waals surface area (Å²) in [7, 11) is 1.89. The van der Waals surface area contributed by atoms with Gasteiger partial charge in [-0.2, -0.15) is 0 Å². The second kappa shape index (κ2) is 6.15. The summed E-state index contributed by atoms with van der Waals surface area (Å²) < 4.78 is 0. The van der Waals surface area contributed by atoms with Gasteiger partial charge in [0.15, 0.2) is 5.96 Å². The van der Waals surface area contributed by atoms with Gasteiger partial charge < -0.3 is 10.6 Å². The summed E-state index contributed by atoms with van der Waals surface area (Å²) in [6, 6.07) is 1.43. The largest absolute Gasteiger partial charge is 0.356 e. The first-order valence-corrected chi connectivity index (χ1v) is 8.81. The van der Waals surface area contributed by atoms with Gasteiger partial charge >= 0.3 is 0 Å². The molecule has 1 aliphatic heterocycles. The van der Waals surface area contributed by atoms with Gasteiger partial charge in [0.2, 0.25) is 0 Å². The molecule has 0 aromatic rings. The molecule has 120 valence electrons. The first-order valence-electron chi connectivity index (χ1n) is 8.81. The molecule has 4 heteroatoms. The van der Waals surface area contributed by atoms with Crippen LogP contribution in [0.15, 0.2) is 4.99 Å². The van der Waals surface area contributed by atoms with Crippen molar-refractivity contribution in [1.82, 2.24) is 15.5 Å². The van der Waals surface area contributed by atoms with Gasteiger partial charge in [0.1, 0.15) is 0 Å². The molecule has 0 aromatic carbocycles. The monoisotopic (exact) mass is 292 g/mol. The van der Waals surface area contributed by atoms with E-state index in [1.54, 1.807) is 0 Å². The highest BCUT2D eigenvalue weighted by Crippen LogP contribution is 2.36. The first kappa shape index (κ1) is 15.1. The van der Waals surface area contributed by atoms with Gasteiger partial charge in [-0.1, -0.05) is 26.7 Å². The highest BCUT2D eigenvalue weighted by Gasteiger charge is 2.38. The number of hydrogen-bond donors (Lipinski definition) is 2. The zero-order valence-corrected chi connectivity index (χ0v) is 14.0. The van der Waals surface area contributed by atoms with Gasteiger partial charge in [-0.3, -0.25) is 9.89 Å². The fraction of sp³-hybridized carbons (Fsp3) is 0.941. The quantitative estimate of drug-likeness (QED) is 0.616. The van der Waals surface area contributed by atoms with Gasteiger partial charge in [0.25, 0.3) is 0 Å². The summed E-state index contributed by atoms with van der Waals surface area (Å²) in [5.74, 6) is 1.71. The second-order valence-corrected chi connectivity index (χ2v) is 7.86. The predicted octanol–water partition coefficient (Wildman–Crippen LogP) is 2.21. The third-order valence-corrected chi connectivity index (χ3v) is 5.74. The Morgan fingerprint density at radius 2 is 1.95 bits per heavy atom. The predicted molar refractivity (Wildman–Crippen MR) is 88.6 cm³/mol. The normalized spacial score (nSPS) is 33.4. The first-order chi connectivity index (χ1) is 10.1. The van der Waals surface area contributed by atoms with Crippen LogP contribution in [-0.4, -0.2) is 49.6 Å². The van der Waals surface area contributed by atoms with Crippen molar-refractivity contribution in [1.29, 1.82) is 0 Å². The van der Waals surface area contributed by atoms with E-state index >= 15 is 0 Å². The van der Waals surface area contributed by atoms with E-state index in [1.807, 2.05) is 7.05 Å². The van der Waals surface area contributed by atoms with Gasteiger partial charge in [-0.05, 0) is 37.0 Å². The lowest BCUT2D eigenvalue weighted by Crippen LogP contribution is -2.48. The minimum Gasteiger partial charge on any atom is -0.356 e. The Hall–Kier alpha value is -0.770. The molecule has 3 rings (SSSR count). The number of aliphatic imine (C=N–C) groups is 1. The molecule has 0 bridgehead atoms. The lowest BCUT2D eigenvalue weighted by molar-refractivity contribution is 0.315. The van der Waals surface area contributed by atoms with Crippen LogP contribution >= 0.6 is 0 Å². The summed E-state index contributed by atoms with van der Waals surface area (Å²) in [6.07, 6.45) is 8.30. The molecule has 3 aliphatic rings. The van der Waals surface area contributed by atoms with Crippen molar-refractivity contribution >= 4 is 5.96 Å². The average molecular weight is 292 g/mol. The Labute approximate surface area is 129 Å². The molecule has 0 radical (unpaired) electrons. The topological polar surface area (TPSA) is 39.7 Å². The van der Waals surface area contributed by atoms with Crippen LogP contribution in [-0.2, 0) is 0 Å². The molecule has 0 spiro atoms. The maximum absolute atomic E-state index is 4.44. The number of rotatable bonds is 4. The van der Waals surface area contributed by atoms with Crippen LogP contribution in [0.3, 0.4) is 0 Å². The third kappa shape index (κ3) is 3.71. The van der Waals surface area contributed by atoms with Crippen molar-refractivity contribution in [3.8, 4) is 0 Å². The molecular formula is C17H32N4. The Bertz CT molecular complexity index is 382. The van der Waals surface area contributed by atoms with Crippen LogP contribution in [0.5, 0.6) is 0 Å². The Balaban J connectivity index is 1.48. The smallest absolute Gasteiger partial charge is 0.191 e. The van der Waals surface area contributed by atoms with Crippen molar-refractivity contribution < 1.29 is 0 Å². The molecule has 0 aromatic heterocycles. The van der Waals surface area contributed by atoms with E-state index in [4.69, 9.17) is 0 Å². The van der Waals surface area contributed by atoms with E-state index in [-0.39, 0.29) is 0 Å². The van der Waals surface area contributed by atoms with E-state index in [0.29, 0.717) is 17.4 Å². The number of likely N-dealkylation sites (tertiary alicyclic amines) is 1. The summed E-state index contributed by atoms with van der Waals surface area (Å²) in [6.45, 7) is 8.26. The number of nitrogens with one attached hydrogen (secondary N) is 2. The molecule has 1 saturated heterocycles. The molecule has 4 nitrogen and oxygen atoms in total. The molecular weight excluding hydrogens is 260 g/mol. The summed E-state index contributed by atoms with van der Waals surface area (Å²) in [5.41, 5.74) is 0.471. The zero-order chi connectivity index (χ0) is 14.9. The molecule has 1 heterocycles. The Morgan fingerprint density at radius 3 is 2.57 bits per heavy atom. The van der Waals surface area contributed by atoms with Gasteiger partial charge in [-0.25, -0.2) is 0 Å². The molecule has 0 amide bonds. The molecule has 2 atom stereocenters. The average Bonchev–Trinajstić information content (AvgIpc) is 3.14. The number of guanidine groups is 1. The molecule has 3 fully saturated rings. The molecule has 2 aliphatic carbocycles. The zero-order valence-electron chi connectivity index (χ0n) is 14.0. The lowest BCUT2D eigenvalue weighted by Gasteiger charge is -2.27. The minimum absolute atomic E-state index is 0.471. The van der Waals surface area contributed by atoms with E-state index in [2.05, 4.69) is 34.4 Å². The van der Waals surface area contributed by atoms with Crippen molar-refractivity contribution in [3.63, 3.8) is 0 Å². The van der Waals surface area contributed by atoms with Gasteiger partial charge in [0, 0.05) is 38.8 Å². The fourth-order valence-corrected chi connectivity index (χ4v) is 4.00. The summed E-state index contributed by atoms with van der Waals surface area (Å²) in [4.78, 5) is 7.10. The Morgan fingerprint density at radius 1 is 1.24 bits per heavy atom. The van der Waals surface area contributed by atoms with Gasteiger partial charge in [-0.15, -0.1) is 0 Å². The van der Waals surface area contributed by atoms with Crippen LogP contribution in [0.4, 0.5) is 0 Å². The third-order valence-electron chi connectivity index (χ3n) is 5.74. The van der Waals surface area contributed by atoms with Crippen molar-refractivity contribution in [2.24, 2.45) is 16.3 Å². The maximum Gasteiger partial charge on any atom is 0.191 e. The van der Waals surface area contributed by atoms with Crippen LogP contribution in [0.1, 0.15) is 52.4 Å². The highest BCUT2D eigenvalue weighted by molar-refractivity contribution is 5.80. The van der Waals surface area contributed by atoms with Crippen LogP contribution in [0, 0.1) is 11.3 Å². The molecule has 2 N–H and O–H groups in total. The summed E-state index contributed by atoms with van der Waals surface area (Å²) in [5, 5.41) is 7.25. The highest BCUT2D eigenvalue weighted by atomic mass is 15.3. The fourth-order valence-electron chi connectivity index (χ4n) is 4.00. The van der Waals surface area contributed by atoms with Crippen molar-refractivity contribution in [2.75, 3.05) is 26.7 Å². The SMILES string of the molecule is CN=C(NCC1(C)CCCC1)NC1CN(C2CC2)CC1C. The van der Waals surface area contributed by atoms with E-state index in [0.717, 1.165) is 18.5 Å². The van der Waals surface area contributed by atoms with Crippen LogP contribution < -0.4 is 10.6 Å².